The summed E-state index contributed by atoms with van der Waals surface area (Å²) in [5.41, 5.74) is 1.14. The van der Waals surface area contributed by atoms with Crippen LogP contribution in [0.3, 0.4) is 0 Å². The third-order valence-corrected chi connectivity index (χ3v) is 5.93. The summed E-state index contributed by atoms with van der Waals surface area (Å²) in [5, 5.41) is 2.85. The fourth-order valence-electron chi connectivity index (χ4n) is 2.78. The molecule has 0 radical (unpaired) electrons. The first-order chi connectivity index (χ1) is 12.4. The Bertz CT molecular complexity index is 915. The molecule has 0 saturated carbocycles. The number of benzene rings is 2. The van der Waals surface area contributed by atoms with Gasteiger partial charge in [0, 0.05) is 23.5 Å². The first-order valence-corrected chi connectivity index (χ1v) is 11.1. The molecule has 2 aromatic carbocycles. The average Bonchev–Trinajstić information content (AvgIpc) is 2.81. The van der Waals surface area contributed by atoms with Gasteiger partial charge in [-0.1, -0.05) is 18.2 Å². The van der Waals surface area contributed by atoms with Crippen LogP contribution in [-0.4, -0.2) is 39.5 Å². The highest BCUT2D eigenvalue weighted by Gasteiger charge is 2.31. The predicted molar refractivity (Wildman–Crippen MR) is 105 cm³/mol. The van der Waals surface area contributed by atoms with Crippen molar-refractivity contribution in [1.82, 2.24) is 0 Å². The molecular weight excluding hydrogens is 372 g/mol. The molecule has 8 heteroatoms. The van der Waals surface area contributed by atoms with Crippen LogP contribution in [0.2, 0.25) is 0 Å². The summed E-state index contributed by atoms with van der Waals surface area (Å²) >= 11 is 1.59. The number of ether oxygens (including phenoxy) is 1. The number of nitrogens with one attached hydrogen (secondary N) is 1. The van der Waals surface area contributed by atoms with Gasteiger partial charge in [0.2, 0.25) is 10.0 Å². The summed E-state index contributed by atoms with van der Waals surface area (Å²) in [6, 6.07) is 14.4. The number of amides is 1. The normalized spacial score (nSPS) is 17.0. The van der Waals surface area contributed by atoms with E-state index in [0.717, 1.165) is 11.2 Å². The lowest BCUT2D eigenvalue weighted by Crippen LogP contribution is -2.35. The summed E-state index contributed by atoms with van der Waals surface area (Å²) < 4.78 is 31.3. The number of nitrogens with zero attached hydrogens (tertiary/aromatic N) is 1. The zero-order chi connectivity index (χ0) is 18.7. The second-order valence-corrected chi connectivity index (χ2v) is 8.71. The minimum Gasteiger partial charge on any atom is -0.478 e. The topological polar surface area (TPSA) is 75.7 Å². The smallest absolute Gasteiger partial charge is 0.265 e. The Morgan fingerprint density at radius 1 is 1.23 bits per heavy atom. The first kappa shape index (κ1) is 18.6. The van der Waals surface area contributed by atoms with Gasteiger partial charge in [-0.05, 0) is 36.6 Å². The molecule has 1 aliphatic rings. The number of para-hydroxylation sites is 2. The minimum absolute atomic E-state index is 0.179. The monoisotopic (exact) mass is 392 g/mol. The van der Waals surface area contributed by atoms with Crippen LogP contribution < -0.4 is 14.4 Å². The van der Waals surface area contributed by atoms with Crippen molar-refractivity contribution in [2.45, 2.75) is 17.4 Å². The van der Waals surface area contributed by atoms with E-state index in [0.29, 0.717) is 17.1 Å². The van der Waals surface area contributed by atoms with E-state index < -0.39 is 16.1 Å². The number of rotatable bonds is 4. The van der Waals surface area contributed by atoms with Crippen LogP contribution >= 0.6 is 11.8 Å². The van der Waals surface area contributed by atoms with Gasteiger partial charge in [-0.2, -0.15) is 0 Å². The lowest BCUT2D eigenvalue weighted by Gasteiger charge is -2.20. The van der Waals surface area contributed by atoms with Gasteiger partial charge in [0.1, 0.15) is 5.75 Å². The van der Waals surface area contributed by atoms with Gasteiger partial charge in [0.25, 0.3) is 5.91 Å². The number of thioether (sulfide) groups is 1. The standard InChI is InChI=1S/C18H20N2O4S2/c1-25-14-7-5-6-13(12-14)19-18(21)17-10-11-20(26(2,22)23)15-8-3-4-9-16(15)24-17/h3-9,12,17H,10-11H2,1-2H3,(H,19,21). The molecule has 2 aromatic rings. The van der Waals surface area contributed by atoms with Crippen molar-refractivity contribution in [3.05, 3.63) is 48.5 Å². The molecule has 0 aromatic heterocycles. The molecule has 1 atom stereocenters. The highest BCUT2D eigenvalue weighted by atomic mass is 32.2. The van der Waals surface area contributed by atoms with E-state index in [2.05, 4.69) is 5.32 Å². The van der Waals surface area contributed by atoms with E-state index in [9.17, 15) is 13.2 Å². The van der Waals surface area contributed by atoms with Crippen LogP contribution in [0.1, 0.15) is 6.42 Å². The quantitative estimate of drug-likeness (QED) is 0.810. The Balaban J connectivity index is 1.83. The van der Waals surface area contributed by atoms with Crippen LogP contribution in [-0.2, 0) is 14.8 Å². The molecule has 6 nitrogen and oxygen atoms in total. The van der Waals surface area contributed by atoms with Crippen molar-refractivity contribution in [1.29, 1.82) is 0 Å². The molecule has 1 N–H and O–H groups in total. The van der Waals surface area contributed by atoms with Crippen LogP contribution in [0.25, 0.3) is 0 Å². The summed E-state index contributed by atoms with van der Waals surface area (Å²) in [5.74, 6) is 0.0850. The molecule has 26 heavy (non-hydrogen) atoms. The van der Waals surface area contributed by atoms with Crippen molar-refractivity contribution in [3.63, 3.8) is 0 Å². The van der Waals surface area contributed by atoms with Crippen molar-refractivity contribution in [3.8, 4) is 5.75 Å². The van der Waals surface area contributed by atoms with Crippen LogP contribution in [0, 0.1) is 0 Å². The number of carbonyl (C=O) groups excluding carboxylic acids is 1. The van der Waals surface area contributed by atoms with E-state index in [4.69, 9.17) is 4.74 Å². The number of fused-ring (bicyclic) bond motifs is 1. The maximum atomic E-state index is 12.7. The molecule has 1 aliphatic heterocycles. The number of carbonyl (C=O) groups is 1. The van der Waals surface area contributed by atoms with Crippen LogP contribution in [0.5, 0.6) is 5.75 Å². The summed E-state index contributed by atoms with van der Waals surface area (Å²) in [4.78, 5) is 13.7. The van der Waals surface area contributed by atoms with Crippen molar-refractivity contribution >= 4 is 39.1 Å². The van der Waals surface area contributed by atoms with Gasteiger partial charge in [-0.25, -0.2) is 8.42 Å². The Labute approximate surface area is 157 Å². The molecule has 0 aliphatic carbocycles. The second kappa shape index (κ2) is 7.59. The van der Waals surface area contributed by atoms with E-state index in [1.54, 1.807) is 36.0 Å². The number of sulfonamides is 1. The maximum absolute atomic E-state index is 12.7. The van der Waals surface area contributed by atoms with Crippen molar-refractivity contribution in [2.75, 3.05) is 28.7 Å². The van der Waals surface area contributed by atoms with Crippen LogP contribution in [0.15, 0.2) is 53.4 Å². The fourth-order valence-corrected chi connectivity index (χ4v) is 4.19. The summed E-state index contributed by atoms with van der Waals surface area (Å²) in [6.07, 6.45) is 2.60. The van der Waals surface area contributed by atoms with E-state index >= 15 is 0 Å². The van der Waals surface area contributed by atoms with Gasteiger partial charge in [-0.3, -0.25) is 9.10 Å². The first-order valence-electron chi connectivity index (χ1n) is 8.07. The largest absolute Gasteiger partial charge is 0.478 e. The SMILES string of the molecule is CSc1cccc(NC(=O)C2CCN(S(C)(=O)=O)c3ccccc3O2)c1. The van der Waals surface area contributed by atoms with Gasteiger partial charge in [0.15, 0.2) is 6.10 Å². The molecule has 0 bridgehead atoms. The number of hydrogen-bond donors (Lipinski definition) is 1. The highest BCUT2D eigenvalue weighted by molar-refractivity contribution is 7.98. The average molecular weight is 393 g/mol. The highest BCUT2D eigenvalue weighted by Crippen LogP contribution is 2.34. The Morgan fingerprint density at radius 3 is 2.73 bits per heavy atom. The molecular formula is C18H20N2O4S2. The Morgan fingerprint density at radius 2 is 2.00 bits per heavy atom. The Kier molecular flexibility index (Phi) is 5.43. The predicted octanol–water partition coefficient (Wildman–Crippen LogP) is 2.96. The van der Waals surface area contributed by atoms with Crippen molar-refractivity contribution in [2.24, 2.45) is 0 Å². The molecule has 1 unspecified atom stereocenters. The maximum Gasteiger partial charge on any atom is 0.265 e. The molecule has 1 amide bonds. The van der Waals surface area contributed by atoms with Crippen molar-refractivity contribution < 1.29 is 17.9 Å². The zero-order valence-corrected chi connectivity index (χ0v) is 16.1. The fraction of sp³-hybridized carbons (Fsp3) is 0.278. The summed E-state index contributed by atoms with van der Waals surface area (Å²) in [7, 11) is -3.46. The van der Waals surface area contributed by atoms with Gasteiger partial charge in [-0.15, -0.1) is 11.8 Å². The van der Waals surface area contributed by atoms with Gasteiger partial charge < -0.3 is 10.1 Å². The number of hydrogen-bond acceptors (Lipinski definition) is 5. The Hall–Kier alpha value is -2.19. The molecule has 3 rings (SSSR count). The lowest BCUT2D eigenvalue weighted by molar-refractivity contribution is -0.122. The van der Waals surface area contributed by atoms with E-state index in [-0.39, 0.29) is 18.9 Å². The molecule has 0 saturated heterocycles. The molecule has 0 fully saturated rings. The third kappa shape index (κ3) is 4.13. The van der Waals surface area contributed by atoms with E-state index in [1.165, 1.54) is 4.31 Å². The number of anilines is 2. The summed E-state index contributed by atoms with van der Waals surface area (Å²) in [6.45, 7) is 0.179. The van der Waals surface area contributed by atoms with Crippen LogP contribution in [0.4, 0.5) is 11.4 Å². The minimum atomic E-state index is -3.46. The molecule has 1 heterocycles. The zero-order valence-electron chi connectivity index (χ0n) is 14.5. The third-order valence-electron chi connectivity index (χ3n) is 4.03. The second-order valence-electron chi connectivity index (χ2n) is 5.92. The molecule has 138 valence electrons. The molecule has 0 spiro atoms. The van der Waals surface area contributed by atoms with Gasteiger partial charge in [0.05, 0.1) is 11.9 Å². The van der Waals surface area contributed by atoms with E-state index in [1.807, 2.05) is 30.5 Å². The lowest BCUT2D eigenvalue weighted by atomic mass is 10.2. The van der Waals surface area contributed by atoms with Gasteiger partial charge >= 0.3 is 0 Å².